The number of carbonyl (C=O) groups is 4. The number of barbiturate groups is 1. The molecule has 2 aromatic carbocycles. The summed E-state index contributed by atoms with van der Waals surface area (Å²) < 4.78 is 10.4. The lowest BCUT2D eigenvalue weighted by atomic mass is 10.0. The number of hydrogen-bond acceptors (Lipinski definition) is 6. The Balaban J connectivity index is 1.89. The van der Waals surface area contributed by atoms with E-state index in [4.69, 9.17) is 9.47 Å². The number of nitrogens with one attached hydrogen (secondary N) is 1. The first-order valence-electron chi connectivity index (χ1n) is 10.9. The van der Waals surface area contributed by atoms with Gasteiger partial charge >= 0.3 is 12.0 Å². The molecule has 1 saturated heterocycles. The number of anilines is 1. The van der Waals surface area contributed by atoms with Crippen molar-refractivity contribution in [1.29, 1.82) is 0 Å². The van der Waals surface area contributed by atoms with Crippen molar-refractivity contribution in [2.45, 2.75) is 26.7 Å². The van der Waals surface area contributed by atoms with Crippen molar-refractivity contribution in [1.82, 2.24) is 5.32 Å². The zero-order valence-corrected chi connectivity index (χ0v) is 19.1. The van der Waals surface area contributed by atoms with Crippen molar-refractivity contribution in [3.05, 3.63) is 77.4 Å². The molecule has 0 atom stereocenters. The quantitative estimate of drug-likeness (QED) is 0.265. The van der Waals surface area contributed by atoms with Crippen molar-refractivity contribution >= 4 is 35.6 Å². The number of imide groups is 2. The Hall–Kier alpha value is -4.20. The molecule has 0 bridgehead atoms. The number of amides is 4. The SMILES string of the molecule is C=CCc1cc(/C=C2/C(=O)NC(=O)N(c3ccc(CC)cc3)C2=O)ccc1OCC(=O)OCC. The Kier molecular flexibility index (Phi) is 7.97. The predicted molar refractivity (Wildman–Crippen MR) is 127 cm³/mol. The number of allylic oxidation sites excluding steroid dienone is 1. The second kappa shape index (κ2) is 11.1. The number of rotatable bonds is 9. The van der Waals surface area contributed by atoms with Crippen LogP contribution in [0.4, 0.5) is 10.5 Å². The highest BCUT2D eigenvalue weighted by Gasteiger charge is 2.36. The minimum atomic E-state index is -0.800. The molecule has 4 amide bonds. The molecule has 0 unspecified atom stereocenters. The van der Waals surface area contributed by atoms with Crippen LogP contribution in [0.2, 0.25) is 0 Å². The highest BCUT2D eigenvalue weighted by molar-refractivity contribution is 6.39. The largest absolute Gasteiger partial charge is 0.482 e. The van der Waals surface area contributed by atoms with Crippen LogP contribution in [0.3, 0.4) is 0 Å². The molecule has 0 aliphatic carbocycles. The summed E-state index contributed by atoms with van der Waals surface area (Å²) in [5.74, 6) is -1.52. The first-order chi connectivity index (χ1) is 16.4. The molecule has 8 heteroatoms. The molecule has 3 rings (SSSR count). The third-order valence-electron chi connectivity index (χ3n) is 5.12. The number of aryl methyl sites for hydroxylation is 1. The monoisotopic (exact) mass is 462 g/mol. The second-order valence-corrected chi connectivity index (χ2v) is 7.43. The van der Waals surface area contributed by atoms with Gasteiger partial charge in [0.05, 0.1) is 12.3 Å². The Morgan fingerprint density at radius 2 is 1.82 bits per heavy atom. The lowest BCUT2D eigenvalue weighted by molar-refractivity contribution is -0.145. The summed E-state index contributed by atoms with van der Waals surface area (Å²) in [4.78, 5) is 50.5. The third kappa shape index (κ3) is 5.58. The number of benzene rings is 2. The van der Waals surface area contributed by atoms with Gasteiger partial charge < -0.3 is 9.47 Å². The van der Waals surface area contributed by atoms with Gasteiger partial charge in [0.2, 0.25) is 0 Å². The maximum Gasteiger partial charge on any atom is 0.344 e. The molecule has 0 saturated carbocycles. The van der Waals surface area contributed by atoms with Gasteiger partial charge in [-0.05, 0) is 66.8 Å². The van der Waals surface area contributed by atoms with Gasteiger partial charge in [-0.15, -0.1) is 6.58 Å². The zero-order chi connectivity index (χ0) is 24.7. The average Bonchev–Trinajstić information content (AvgIpc) is 2.82. The van der Waals surface area contributed by atoms with Gasteiger partial charge in [0, 0.05) is 0 Å². The molecule has 34 heavy (non-hydrogen) atoms. The van der Waals surface area contributed by atoms with E-state index in [-0.39, 0.29) is 18.8 Å². The maximum absolute atomic E-state index is 13.1. The molecule has 1 aliphatic heterocycles. The van der Waals surface area contributed by atoms with E-state index in [0.29, 0.717) is 29.0 Å². The predicted octanol–water partition coefficient (Wildman–Crippen LogP) is 3.59. The highest BCUT2D eigenvalue weighted by Crippen LogP contribution is 2.25. The summed E-state index contributed by atoms with van der Waals surface area (Å²) in [6.07, 6.45) is 4.34. The molecule has 2 aromatic rings. The lowest BCUT2D eigenvalue weighted by Gasteiger charge is -2.26. The third-order valence-corrected chi connectivity index (χ3v) is 5.12. The molecule has 1 heterocycles. The van der Waals surface area contributed by atoms with Crippen molar-refractivity contribution in [2.24, 2.45) is 0 Å². The maximum atomic E-state index is 13.1. The van der Waals surface area contributed by atoms with Gasteiger partial charge in [-0.2, -0.15) is 0 Å². The van der Waals surface area contributed by atoms with E-state index in [9.17, 15) is 19.2 Å². The van der Waals surface area contributed by atoms with Gasteiger partial charge in [0.25, 0.3) is 11.8 Å². The van der Waals surface area contributed by atoms with E-state index in [1.807, 2.05) is 19.1 Å². The number of esters is 1. The van der Waals surface area contributed by atoms with Crippen molar-refractivity contribution in [2.75, 3.05) is 18.1 Å². The molecule has 1 N–H and O–H groups in total. The molecule has 0 aromatic heterocycles. The molecule has 176 valence electrons. The van der Waals surface area contributed by atoms with Gasteiger partial charge in [-0.3, -0.25) is 14.9 Å². The summed E-state index contributed by atoms with van der Waals surface area (Å²) in [5.41, 5.74) is 2.51. The van der Waals surface area contributed by atoms with Gasteiger partial charge in [-0.1, -0.05) is 31.2 Å². The minimum absolute atomic E-state index is 0.177. The number of ether oxygens (including phenoxy) is 2. The van der Waals surface area contributed by atoms with E-state index in [0.717, 1.165) is 16.9 Å². The van der Waals surface area contributed by atoms with Crippen molar-refractivity contribution < 1.29 is 28.7 Å². The van der Waals surface area contributed by atoms with E-state index >= 15 is 0 Å². The fraction of sp³-hybridized carbons (Fsp3) is 0.231. The van der Waals surface area contributed by atoms with Crippen LogP contribution in [0.25, 0.3) is 6.08 Å². The highest BCUT2D eigenvalue weighted by atomic mass is 16.6. The number of carbonyl (C=O) groups excluding carboxylic acids is 4. The smallest absolute Gasteiger partial charge is 0.344 e. The van der Waals surface area contributed by atoms with E-state index in [1.165, 1.54) is 6.08 Å². The summed E-state index contributed by atoms with van der Waals surface area (Å²) in [5, 5.41) is 2.22. The summed E-state index contributed by atoms with van der Waals surface area (Å²) >= 11 is 0. The second-order valence-electron chi connectivity index (χ2n) is 7.43. The van der Waals surface area contributed by atoms with E-state index in [1.54, 1.807) is 43.3 Å². The molecular formula is C26H26N2O6. The van der Waals surface area contributed by atoms with Crippen LogP contribution in [0.5, 0.6) is 5.75 Å². The van der Waals surface area contributed by atoms with Crippen LogP contribution in [0.1, 0.15) is 30.5 Å². The summed E-state index contributed by atoms with van der Waals surface area (Å²) in [6.45, 7) is 7.45. The van der Waals surface area contributed by atoms with Crippen LogP contribution in [0.15, 0.2) is 60.7 Å². The first-order valence-corrected chi connectivity index (χ1v) is 10.9. The number of nitrogens with zero attached hydrogens (tertiary/aromatic N) is 1. The van der Waals surface area contributed by atoms with E-state index in [2.05, 4.69) is 11.9 Å². The number of urea groups is 1. The van der Waals surface area contributed by atoms with Gasteiger partial charge in [0.1, 0.15) is 11.3 Å². The molecule has 1 aliphatic rings. The summed E-state index contributed by atoms with van der Waals surface area (Å²) in [6, 6.07) is 11.2. The molecular weight excluding hydrogens is 436 g/mol. The Bertz CT molecular complexity index is 1150. The topological polar surface area (TPSA) is 102 Å². The Morgan fingerprint density at radius 1 is 1.09 bits per heavy atom. The molecule has 0 radical (unpaired) electrons. The van der Waals surface area contributed by atoms with Crippen LogP contribution in [-0.2, 0) is 32.0 Å². The molecule has 8 nitrogen and oxygen atoms in total. The first kappa shape index (κ1) is 24.4. The minimum Gasteiger partial charge on any atom is -0.482 e. The zero-order valence-electron chi connectivity index (χ0n) is 19.1. The number of hydrogen-bond donors (Lipinski definition) is 1. The van der Waals surface area contributed by atoms with Gasteiger partial charge in [0.15, 0.2) is 6.61 Å². The Morgan fingerprint density at radius 3 is 2.47 bits per heavy atom. The lowest BCUT2D eigenvalue weighted by Crippen LogP contribution is -2.54. The van der Waals surface area contributed by atoms with Crippen molar-refractivity contribution in [3.8, 4) is 5.75 Å². The fourth-order valence-electron chi connectivity index (χ4n) is 3.42. The average molecular weight is 463 g/mol. The van der Waals surface area contributed by atoms with Crippen LogP contribution in [0, 0.1) is 0 Å². The molecule has 1 fully saturated rings. The van der Waals surface area contributed by atoms with Crippen LogP contribution >= 0.6 is 0 Å². The standard InChI is InChI=1S/C26H26N2O6/c1-4-7-19-14-18(10-13-22(19)34-16-23(29)33-6-3)15-21-24(30)27-26(32)28(25(21)31)20-11-8-17(5-2)9-12-20/h4,8-15H,1,5-7,16H2,2-3H3,(H,27,30,32)/b21-15-. The van der Waals surface area contributed by atoms with E-state index < -0.39 is 23.8 Å². The van der Waals surface area contributed by atoms with Crippen molar-refractivity contribution in [3.63, 3.8) is 0 Å². The van der Waals surface area contributed by atoms with Crippen LogP contribution in [-0.4, -0.2) is 37.0 Å². The fourth-order valence-corrected chi connectivity index (χ4v) is 3.42. The van der Waals surface area contributed by atoms with Crippen LogP contribution < -0.4 is 15.0 Å². The molecule has 0 spiro atoms. The van der Waals surface area contributed by atoms with Gasteiger partial charge in [-0.25, -0.2) is 14.5 Å². The normalized spacial score (nSPS) is 14.7. The summed E-state index contributed by atoms with van der Waals surface area (Å²) in [7, 11) is 0. The Labute approximate surface area is 197 Å².